The quantitative estimate of drug-likeness (QED) is 0.630. The summed E-state index contributed by atoms with van der Waals surface area (Å²) in [6.45, 7) is 0. The van der Waals surface area contributed by atoms with Crippen LogP contribution < -0.4 is 10.6 Å². The second-order valence-electron chi connectivity index (χ2n) is 3.84. The van der Waals surface area contributed by atoms with Gasteiger partial charge in [0.2, 0.25) is 0 Å². The fourth-order valence-electron chi connectivity index (χ4n) is 1.52. The Hall–Kier alpha value is -2.28. The maximum absolute atomic E-state index is 11.9. The van der Waals surface area contributed by atoms with Crippen molar-refractivity contribution < 1.29 is 19.1 Å². The number of amides is 2. The predicted octanol–water partition coefficient (Wildman–Crippen LogP) is 0.620. The van der Waals surface area contributed by atoms with E-state index in [1.807, 2.05) is 0 Å². The molecule has 1 aromatic carbocycles. The second-order valence-corrected chi connectivity index (χ2v) is 4.99. The van der Waals surface area contributed by atoms with Crippen molar-refractivity contribution in [2.75, 3.05) is 7.11 Å². The molecule has 2 rings (SSSR count). The third-order valence-electron chi connectivity index (χ3n) is 2.48. The number of rotatable bonds is 3. The number of carbonyl (C=O) groups is 3. The number of ether oxygens (including phenoxy) is 1. The highest BCUT2D eigenvalue weighted by Crippen LogP contribution is 2.25. The monoisotopic (exact) mass is 292 g/mol. The van der Waals surface area contributed by atoms with E-state index in [4.69, 9.17) is 0 Å². The first-order chi connectivity index (χ1) is 9.60. The van der Waals surface area contributed by atoms with Crippen LogP contribution in [-0.2, 0) is 14.3 Å². The van der Waals surface area contributed by atoms with Crippen LogP contribution in [0.15, 0.2) is 41.3 Å². The molecule has 2 amide bonds. The van der Waals surface area contributed by atoms with Crippen molar-refractivity contribution in [2.45, 2.75) is 5.50 Å². The lowest BCUT2D eigenvalue weighted by atomic mass is 10.2. The van der Waals surface area contributed by atoms with Gasteiger partial charge in [-0.25, -0.2) is 4.79 Å². The molecule has 0 radical (unpaired) electrons. The maximum atomic E-state index is 11.9. The summed E-state index contributed by atoms with van der Waals surface area (Å²) in [6.07, 6.45) is 1.09. The van der Waals surface area contributed by atoms with Crippen LogP contribution in [-0.4, -0.2) is 30.4 Å². The number of methoxy groups -OCH3 is 1. The van der Waals surface area contributed by atoms with Gasteiger partial charge in [-0.3, -0.25) is 9.59 Å². The zero-order chi connectivity index (χ0) is 14.5. The van der Waals surface area contributed by atoms with Crippen molar-refractivity contribution in [3.8, 4) is 0 Å². The number of benzene rings is 1. The van der Waals surface area contributed by atoms with E-state index in [1.165, 1.54) is 7.11 Å². The molecule has 1 heterocycles. The first-order valence-corrected chi connectivity index (χ1v) is 6.61. The van der Waals surface area contributed by atoms with Gasteiger partial charge < -0.3 is 15.4 Å². The van der Waals surface area contributed by atoms with E-state index >= 15 is 0 Å². The summed E-state index contributed by atoms with van der Waals surface area (Å²) >= 11 is 1.05. The highest BCUT2D eigenvalue weighted by atomic mass is 32.2. The summed E-state index contributed by atoms with van der Waals surface area (Å²) in [4.78, 5) is 34.8. The van der Waals surface area contributed by atoms with E-state index in [1.54, 1.807) is 30.3 Å². The average Bonchev–Trinajstić information content (AvgIpc) is 2.79. The zero-order valence-electron chi connectivity index (χ0n) is 10.6. The summed E-state index contributed by atoms with van der Waals surface area (Å²) in [5, 5.41) is 5.20. The summed E-state index contributed by atoms with van der Waals surface area (Å²) in [5.74, 6) is -1.33. The van der Waals surface area contributed by atoms with Gasteiger partial charge in [-0.05, 0) is 12.1 Å². The van der Waals surface area contributed by atoms with Crippen LogP contribution in [0.2, 0.25) is 0 Å². The second kappa shape index (κ2) is 6.25. The number of thioether (sulfide) groups is 1. The predicted molar refractivity (Wildman–Crippen MR) is 73.5 cm³/mol. The van der Waals surface area contributed by atoms with Gasteiger partial charge in [0.25, 0.3) is 11.8 Å². The first-order valence-electron chi connectivity index (χ1n) is 5.73. The molecule has 0 spiro atoms. The van der Waals surface area contributed by atoms with Crippen LogP contribution in [0.4, 0.5) is 0 Å². The lowest BCUT2D eigenvalue weighted by Gasteiger charge is -2.10. The number of hydrogen-bond donors (Lipinski definition) is 2. The minimum Gasteiger partial charge on any atom is -0.466 e. The molecule has 1 atom stereocenters. The van der Waals surface area contributed by atoms with Crippen LogP contribution in [0.3, 0.4) is 0 Å². The molecule has 1 aromatic rings. The Kier molecular flexibility index (Phi) is 4.41. The summed E-state index contributed by atoms with van der Waals surface area (Å²) in [5.41, 5.74) is -0.112. The van der Waals surface area contributed by atoms with Crippen LogP contribution in [0, 0.1) is 0 Å². The average molecular weight is 292 g/mol. The number of hydrogen-bond acceptors (Lipinski definition) is 5. The van der Waals surface area contributed by atoms with E-state index in [-0.39, 0.29) is 10.8 Å². The lowest BCUT2D eigenvalue weighted by Crippen LogP contribution is -2.41. The summed E-state index contributed by atoms with van der Waals surface area (Å²) in [7, 11) is 1.23. The van der Waals surface area contributed by atoms with Crippen LogP contribution in [0.1, 0.15) is 10.4 Å². The van der Waals surface area contributed by atoms with E-state index in [9.17, 15) is 14.4 Å². The summed E-state index contributed by atoms with van der Waals surface area (Å²) in [6, 6.07) is 8.64. The van der Waals surface area contributed by atoms with Gasteiger partial charge in [0.15, 0.2) is 5.50 Å². The van der Waals surface area contributed by atoms with E-state index in [2.05, 4.69) is 15.4 Å². The zero-order valence-corrected chi connectivity index (χ0v) is 11.4. The Morgan fingerprint density at radius 3 is 2.70 bits per heavy atom. The van der Waals surface area contributed by atoms with Crippen LogP contribution in [0.25, 0.3) is 0 Å². The van der Waals surface area contributed by atoms with Gasteiger partial charge in [0.1, 0.15) is 0 Å². The molecule has 1 fully saturated rings. The molecule has 2 N–H and O–H groups in total. The third kappa shape index (κ3) is 3.39. The van der Waals surface area contributed by atoms with Crippen molar-refractivity contribution in [3.63, 3.8) is 0 Å². The molecule has 1 aliphatic heterocycles. The lowest BCUT2D eigenvalue weighted by molar-refractivity contribution is -0.135. The fourth-order valence-corrected chi connectivity index (χ4v) is 2.44. The minimum absolute atomic E-state index is 0.204. The standard InChI is InChI=1S/C13H12N2O4S/c1-19-10(16)7-9-12(18)15-13(20-9)14-11(17)8-5-3-2-4-6-8/h2-7,13H,1H3,(H,14,17)(H,15,18)/b9-7+/t13-/m0/s1. The molecule has 0 bridgehead atoms. The SMILES string of the molecule is COC(=O)/C=C1/S[C@@H](NC(=O)c2ccccc2)NC1=O. The molecule has 7 heteroatoms. The van der Waals surface area contributed by atoms with Crippen LogP contribution in [0.5, 0.6) is 0 Å². The molecule has 6 nitrogen and oxygen atoms in total. The Balaban J connectivity index is 1.99. The van der Waals surface area contributed by atoms with Gasteiger partial charge in [-0.2, -0.15) is 0 Å². The molecule has 1 aliphatic rings. The molecular weight excluding hydrogens is 280 g/mol. The van der Waals surface area contributed by atoms with Crippen LogP contribution >= 0.6 is 11.8 Å². The Labute approximate surface area is 119 Å². The molecule has 0 unspecified atom stereocenters. The van der Waals surface area contributed by atoms with Crippen molar-refractivity contribution in [3.05, 3.63) is 46.9 Å². The molecule has 0 aromatic heterocycles. The van der Waals surface area contributed by atoms with Gasteiger partial charge in [-0.15, -0.1) is 0 Å². The van der Waals surface area contributed by atoms with Gasteiger partial charge in [0.05, 0.1) is 12.0 Å². The molecule has 20 heavy (non-hydrogen) atoms. The minimum atomic E-state index is -0.613. The largest absolute Gasteiger partial charge is 0.466 e. The number of nitrogens with one attached hydrogen (secondary N) is 2. The Morgan fingerprint density at radius 2 is 2.05 bits per heavy atom. The van der Waals surface area contributed by atoms with Crippen molar-refractivity contribution >= 4 is 29.5 Å². The Morgan fingerprint density at radius 1 is 1.35 bits per heavy atom. The van der Waals surface area contributed by atoms with Gasteiger partial charge in [-0.1, -0.05) is 30.0 Å². The third-order valence-corrected chi connectivity index (χ3v) is 3.51. The highest BCUT2D eigenvalue weighted by Gasteiger charge is 2.29. The number of esters is 1. The molecule has 1 saturated heterocycles. The highest BCUT2D eigenvalue weighted by molar-refractivity contribution is 8.05. The molecule has 0 saturated carbocycles. The first kappa shape index (κ1) is 14.1. The van der Waals surface area contributed by atoms with Crippen molar-refractivity contribution in [1.29, 1.82) is 0 Å². The van der Waals surface area contributed by atoms with E-state index < -0.39 is 17.4 Å². The molecular formula is C13H12N2O4S. The van der Waals surface area contributed by atoms with E-state index in [0.717, 1.165) is 17.8 Å². The molecule has 104 valence electrons. The normalized spacial score (nSPS) is 19.6. The summed E-state index contributed by atoms with van der Waals surface area (Å²) < 4.78 is 4.45. The van der Waals surface area contributed by atoms with Crippen molar-refractivity contribution in [2.24, 2.45) is 0 Å². The number of carbonyl (C=O) groups excluding carboxylic acids is 3. The Bertz CT molecular complexity index is 571. The molecule has 0 aliphatic carbocycles. The fraction of sp³-hybridized carbons (Fsp3) is 0.154. The van der Waals surface area contributed by atoms with Crippen molar-refractivity contribution in [1.82, 2.24) is 10.6 Å². The van der Waals surface area contributed by atoms with Gasteiger partial charge >= 0.3 is 5.97 Å². The maximum Gasteiger partial charge on any atom is 0.331 e. The van der Waals surface area contributed by atoms with Gasteiger partial charge in [0, 0.05) is 11.6 Å². The van der Waals surface area contributed by atoms with E-state index in [0.29, 0.717) is 5.56 Å². The topological polar surface area (TPSA) is 84.5 Å². The smallest absolute Gasteiger partial charge is 0.331 e.